The Hall–Kier alpha value is -0.150. The molecule has 0 rings (SSSR count). The molecule has 108 valence electrons. The topological polar surface area (TPSA) is 118 Å². The second-order valence-corrected chi connectivity index (χ2v) is 6.05. The van der Waals surface area contributed by atoms with E-state index < -0.39 is 33.7 Å². The first-order valence-corrected chi connectivity index (χ1v) is 6.90. The van der Waals surface area contributed by atoms with Crippen LogP contribution in [0.5, 0.6) is 0 Å². The first-order valence-electron chi connectivity index (χ1n) is 5.40. The predicted molar refractivity (Wildman–Crippen MR) is 63.7 cm³/mol. The maximum absolute atomic E-state index is 11.4. The van der Waals surface area contributed by atoms with Gasteiger partial charge in [-0.2, -0.15) is 8.42 Å². The molecule has 0 amide bonds. The molecule has 0 aromatic carbocycles. The summed E-state index contributed by atoms with van der Waals surface area (Å²) in [5.41, 5.74) is 0. The Balaban J connectivity index is -0.00000144. The Kier molecular flexibility index (Phi) is 9.92. The summed E-state index contributed by atoms with van der Waals surface area (Å²) in [6.07, 6.45) is -1.02. The van der Waals surface area contributed by atoms with Gasteiger partial charge in [-0.3, -0.25) is 14.1 Å². The summed E-state index contributed by atoms with van der Waals surface area (Å²) >= 11 is 0. The Morgan fingerprint density at radius 3 is 2.05 bits per heavy atom. The van der Waals surface area contributed by atoms with Crippen molar-refractivity contribution in [2.75, 3.05) is 6.61 Å². The predicted octanol–water partition coefficient (Wildman–Crippen LogP) is -2.33. The number of carboxylic acid groups (broad SMARTS) is 1. The van der Waals surface area contributed by atoms with Crippen LogP contribution in [0.4, 0.5) is 0 Å². The smallest absolute Gasteiger partial charge is 1.00 e. The zero-order valence-corrected chi connectivity index (χ0v) is 14.3. The average Bonchev–Trinajstić information content (AvgIpc) is 2.19. The summed E-state index contributed by atoms with van der Waals surface area (Å²) < 4.78 is 35.2. The summed E-state index contributed by atoms with van der Waals surface area (Å²) in [4.78, 5) is 21.9. The van der Waals surface area contributed by atoms with Crippen molar-refractivity contribution in [3.8, 4) is 0 Å². The van der Waals surface area contributed by atoms with Gasteiger partial charge in [-0.25, -0.2) is 0 Å². The minimum Gasteiger partial charge on any atom is -1.00 e. The van der Waals surface area contributed by atoms with Crippen LogP contribution in [-0.2, 0) is 24.4 Å². The van der Waals surface area contributed by atoms with Gasteiger partial charge in [0.2, 0.25) is 0 Å². The van der Waals surface area contributed by atoms with Crippen LogP contribution >= 0.6 is 0 Å². The average molecular weight is 306 g/mol. The van der Waals surface area contributed by atoms with Crippen molar-refractivity contribution in [1.82, 2.24) is 0 Å². The molecule has 0 radical (unpaired) electrons. The molecule has 0 saturated carbocycles. The van der Waals surface area contributed by atoms with E-state index in [2.05, 4.69) is 0 Å². The van der Waals surface area contributed by atoms with Crippen molar-refractivity contribution in [1.29, 1.82) is 0 Å². The SMILES string of the molecule is CC(C)C(C)COC(=O)C(CC(=O)O)S(=O)(=O)O.[H-].[Na+]. The molecule has 0 heterocycles. The van der Waals surface area contributed by atoms with Gasteiger partial charge in [0.25, 0.3) is 10.1 Å². The standard InChI is InChI=1S/C10H18O7S.Na.H/c1-6(2)7(3)5-17-10(13)8(4-9(11)12)18(14,15)16;;/h6-8H,4-5H2,1-3H3,(H,11,12)(H,14,15,16);;/q;+1;-1. The fourth-order valence-corrected chi connectivity index (χ4v) is 1.63. The molecule has 0 bridgehead atoms. The number of hydrogen-bond donors (Lipinski definition) is 2. The number of carbonyl (C=O) groups is 2. The molecule has 2 N–H and O–H groups in total. The Labute approximate surface area is 136 Å². The number of esters is 1. The fraction of sp³-hybridized carbons (Fsp3) is 0.800. The maximum Gasteiger partial charge on any atom is 1.00 e. The van der Waals surface area contributed by atoms with Gasteiger partial charge in [-0.15, -0.1) is 0 Å². The van der Waals surface area contributed by atoms with Gasteiger partial charge in [-0.1, -0.05) is 20.8 Å². The van der Waals surface area contributed by atoms with E-state index in [0.717, 1.165) is 0 Å². The third-order valence-corrected chi connectivity index (χ3v) is 3.69. The molecule has 0 spiro atoms. The van der Waals surface area contributed by atoms with Gasteiger partial charge < -0.3 is 11.3 Å². The number of aliphatic carboxylic acids is 1. The van der Waals surface area contributed by atoms with Crippen molar-refractivity contribution < 1.29 is 63.4 Å². The van der Waals surface area contributed by atoms with Gasteiger partial charge in [0.1, 0.15) is 0 Å². The zero-order chi connectivity index (χ0) is 14.5. The van der Waals surface area contributed by atoms with E-state index in [0.29, 0.717) is 0 Å². The van der Waals surface area contributed by atoms with Crippen molar-refractivity contribution in [2.45, 2.75) is 32.4 Å². The number of carbonyl (C=O) groups excluding carboxylic acids is 1. The Bertz CT molecular complexity index is 410. The van der Waals surface area contributed by atoms with Crippen LogP contribution in [0.2, 0.25) is 0 Å². The first kappa shape index (κ1) is 21.2. The van der Waals surface area contributed by atoms with Gasteiger partial charge >= 0.3 is 41.5 Å². The van der Waals surface area contributed by atoms with E-state index in [1.54, 1.807) is 6.92 Å². The van der Waals surface area contributed by atoms with Crippen LogP contribution < -0.4 is 29.6 Å². The monoisotopic (exact) mass is 306 g/mol. The fourth-order valence-electron chi connectivity index (χ4n) is 0.968. The van der Waals surface area contributed by atoms with E-state index in [9.17, 15) is 18.0 Å². The normalized spacial score (nSPS) is 14.4. The van der Waals surface area contributed by atoms with Crippen molar-refractivity contribution in [3.05, 3.63) is 0 Å². The largest absolute Gasteiger partial charge is 1.00 e. The molecule has 0 aliphatic rings. The molecular formula is C10H19NaO7S. The van der Waals surface area contributed by atoms with Crippen molar-refractivity contribution >= 4 is 22.1 Å². The summed E-state index contributed by atoms with van der Waals surface area (Å²) in [6, 6.07) is 0. The minimum absolute atomic E-state index is 0. The third-order valence-electron chi connectivity index (χ3n) is 2.61. The van der Waals surface area contributed by atoms with E-state index >= 15 is 0 Å². The van der Waals surface area contributed by atoms with E-state index in [-0.39, 0.29) is 49.4 Å². The second-order valence-electron chi connectivity index (χ2n) is 4.45. The Morgan fingerprint density at radius 2 is 1.74 bits per heavy atom. The quantitative estimate of drug-likeness (QED) is 0.308. The number of carboxylic acids is 1. The van der Waals surface area contributed by atoms with Gasteiger partial charge in [0.15, 0.2) is 5.25 Å². The van der Waals surface area contributed by atoms with Crippen LogP contribution in [0.25, 0.3) is 0 Å². The Morgan fingerprint density at radius 1 is 1.26 bits per heavy atom. The molecule has 0 aromatic heterocycles. The van der Waals surface area contributed by atoms with Crippen molar-refractivity contribution in [3.63, 3.8) is 0 Å². The van der Waals surface area contributed by atoms with Gasteiger partial charge in [0, 0.05) is 0 Å². The number of ether oxygens (including phenoxy) is 1. The van der Waals surface area contributed by atoms with Crippen LogP contribution in [0, 0.1) is 11.8 Å². The third kappa shape index (κ3) is 8.59. The van der Waals surface area contributed by atoms with Crippen LogP contribution in [0.1, 0.15) is 28.6 Å². The number of rotatable bonds is 7. The van der Waals surface area contributed by atoms with Crippen molar-refractivity contribution in [2.24, 2.45) is 11.8 Å². The molecule has 0 fully saturated rings. The van der Waals surface area contributed by atoms with Gasteiger partial charge in [0.05, 0.1) is 13.0 Å². The minimum atomic E-state index is -4.78. The summed E-state index contributed by atoms with van der Waals surface area (Å²) in [5.74, 6) is -2.53. The van der Waals surface area contributed by atoms with E-state index in [1.807, 2.05) is 13.8 Å². The van der Waals surface area contributed by atoms with Crippen LogP contribution in [0.15, 0.2) is 0 Å². The van der Waals surface area contributed by atoms with Crippen LogP contribution in [0.3, 0.4) is 0 Å². The summed E-state index contributed by atoms with van der Waals surface area (Å²) in [7, 11) is -4.78. The summed E-state index contributed by atoms with van der Waals surface area (Å²) in [6.45, 7) is 5.58. The molecule has 9 heteroatoms. The second kappa shape index (κ2) is 8.91. The molecule has 2 unspecified atom stereocenters. The van der Waals surface area contributed by atoms with E-state index in [4.69, 9.17) is 14.4 Å². The summed E-state index contributed by atoms with van der Waals surface area (Å²) in [5, 5.41) is 6.40. The van der Waals surface area contributed by atoms with E-state index in [1.165, 1.54) is 0 Å². The molecule has 7 nitrogen and oxygen atoms in total. The molecule has 0 saturated heterocycles. The molecule has 0 aliphatic heterocycles. The van der Waals surface area contributed by atoms with Crippen LogP contribution in [-0.4, -0.2) is 41.9 Å². The molecule has 2 atom stereocenters. The zero-order valence-electron chi connectivity index (χ0n) is 12.5. The van der Waals surface area contributed by atoms with Gasteiger partial charge in [-0.05, 0) is 11.8 Å². The number of hydrogen-bond acceptors (Lipinski definition) is 5. The molecular weight excluding hydrogens is 287 g/mol. The maximum atomic E-state index is 11.4. The molecule has 0 aliphatic carbocycles. The molecule has 19 heavy (non-hydrogen) atoms. The first-order chi connectivity index (χ1) is 8.05. The molecule has 0 aromatic rings.